The number of rotatable bonds is 9. The number of likely N-dealkylation sites (tertiary alicyclic amines) is 1. The molecule has 0 saturated carbocycles. The van der Waals surface area contributed by atoms with Crippen LogP contribution >= 0.6 is 23.4 Å². The van der Waals surface area contributed by atoms with Crippen molar-refractivity contribution >= 4 is 46.8 Å². The van der Waals surface area contributed by atoms with E-state index in [0.717, 1.165) is 0 Å². The Morgan fingerprint density at radius 3 is 2.60 bits per heavy atom. The van der Waals surface area contributed by atoms with Gasteiger partial charge in [-0.2, -0.15) is 0 Å². The number of thioether (sulfide) groups is 1. The highest BCUT2D eigenvalue weighted by Gasteiger charge is 2.78. The topological polar surface area (TPSA) is 87.2 Å². The van der Waals surface area contributed by atoms with E-state index < -0.39 is 33.4 Å². The molecule has 9 heteroatoms. The average molecular weight is 521 g/mol. The molecule has 0 aromatic heterocycles. The van der Waals surface area contributed by atoms with Gasteiger partial charge in [0.05, 0.1) is 35.8 Å². The Morgan fingerprint density at radius 2 is 2.03 bits per heavy atom. The highest BCUT2D eigenvalue weighted by atomic mass is 35.5. The molecule has 190 valence electrons. The van der Waals surface area contributed by atoms with Crippen molar-refractivity contribution in [2.24, 2.45) is 11.8 Å². The minimum Gasteiger partial charge on any atom is -0.466 e. The van der Waals surface area contributed by atoms with E-state index in [2.05, 4.69) is 6.58 Å². The third kappa shape index (κ3) is 3.98. The number of carbonyl (C=O) groups excluding carboxylic acids is 3. The summed E-state index contributed by atoms with van der Waals surface area (Å²) in [5.41, 5.74) is 0.647. The van der Waals surface area contributed by atoms with Crippen LogP contribution in [-0.2, 0) is 19.1 Å². The van der Waals surface area contributed by atoms with E-state index in [4.69, 9.17) is 16.3 Å². The molecule has 0 aliphatic carbocycles. The van der Waals surface area contributed by atoms with E-state index >= 15 is 0 Å². The predicted octanol–water partition coefficient (Wildman–Crippen LogP) is 3.67. The number of halogens is 1. The minimum atomic E-state index is -0.820. The summed E-state index contributed by atoms with van der Waals surface area (Å²) in [6.45, 7) is 9.69. The number of hydrogen-bond donors (Lipinski definition) is 1. The lowest BCUT2D eigenvalue weighted by Gasteiger charge is -2.39. The number of aliphatic hydroxyl groups is 1. The molecule has 7 nitrogen and oxygen atoms in total. The van der Waals surface area contributed by atoms with Crippen LogP contribution in [0, 0.1) is 11.8 Å². The van der Waals surface area contributed by atoms with Gasteiger partial charge in [0, 0.05) is 22.0 Å². The summed E-state index contributed by atoms with van der Waals surface area (Å²) in [5, 5.41) is 10.7. The van der Waals surface area contributed by atoms with Crippen LogP contribution in [0.2, 0.25) is 5.02 Å². The van der Waals surface area contributed by atoms with Crippen LogP contribution < -0.4 is 4.90 Å². The van der Waals surface area contributed by atoms with Crippen LogP contribution in [0.5, 0.6) is 0 Å². The van der Waals surface area contributed by atoms with Crippen LogP contribution in [-0.4, -0.2) is 69.1 Å². The van der Waals surface area contributed by atoms with E-state index in [9.17, 15) is 19.5 Å². The Hall–Kier alpha value is -2.03. The summed E-state index contributed by atoms with van der Waals surface area (Å²) in [7, 11) is 0. The van der Waals surface area contributed by atoms with Crippen LogP contribution in [0.15, 0.2) is 36.9 Å². The van der Waals surface area contributed by atoms with Crippen molar-refractivity contribution in [1.82, 2.24) is 4.90 Å². The second-order valence-electron chi connectivity index (χ2n) is 9.68. The van der Waals surface area contributed by atoms with E-state index in [1.54, 1.807) is 58.8 Å². The molecule has 3 saturated heterocycles. The molecule has 3 aliphatic rings. The number of hydrogen-bond acceptors (Lipinski definition) is 6. The Kier molecular flexibility index (Phi) is 7.28. The number of anilines is 1. The Morgan fingerprint density at radius 1 is 1.34 bits per heavy atom. The molecule has 3 aliphatic heterocycles. The molecular formula is C26H33ClN2O5S. The average Bonchev–Trinajstić information content (AvgIpc) is 3.40. The van der Waals surface area contributed by atoms with Gasteiger partial charge in [-0.1, -0.05) is 24.6 Å². The summed E-state index contributed by atoms with van der Waals surface area (Å²) < 4.78 is 4.16. The summed E-state index contributed by atoms with van der Waals surface area (Å²) in [5.74, 6) is -2.17. The van der Waals surface area contributed by atoms with Gasteiger partial charge in [0.1, 0.15) is 6.04 Å². The molecule has 2 unspecified atom stereocenters. The lowest BCUT2D eigenvalue weighted by atomic mass is 9.66. The summed E-state index contributed by atoms with van der Waals surface area (Å²) in [6, 6.07) is 5.63. The standard InChI is InChI=1S/C26H33ClN2O5S/c1-5-14-28(18-10-8-16(27)9-11-18)23(32)21-26-13-12-25(4,35-26)20(24(33)34-7-3)19(26)22(31)29(21)17(6-2)15-30/h5,8-11,17,19-21,30H,1,6-7,12-15H2,2-4H3/t17-,19-,20-,21?,25+,26?/m0/s1. The summed E-state index contributed by atoms with van der Waals surface area (Å²) in [4.78, 5) is 44.8. The molecule has 1 N–H and O–H groups in total. The number of ether oxygens (including phenoxy) is 1. The number of aliphatic hydroxyl groups excluding tert-OH is 1. The van der Waals surface area contributed by atoms with Crippen LogP contribution in [0.4, 0.5) is 5.69 Å². The first-order chi connectivity index (χ1) is 16.7. The van der Waals surface area contributed by atoms with E-state index in [0.29, 0.717) is 30.0 Å². The molecule has 1 aromatic carbocycles. The zero-order valence-electron chi connectivity index (χ0n) is 20.4. The van der Waals surface area contributed by atoms with Gasteiger partial charge in [0.15, 0.2) is 0 Å². The second-order valence-corrected chi connectivity index (χ2v) is 12.0. The van der Waals surface area contributed by atoms with Crippen molar-refractivity contribution in [2.45, 2.75) is 61.6 Å². The van der Waals surface area contributed by atoms with Gasteiger partial charge in [0.25, 0.3) is 5.91 Å². The predicted molar refractivity (Wildman–Crippen MR) is 137 cm³/mol. The van der Waals surface area contributed by atoms with Gasteiger partial charge in [-0.3, -0.25) is 14.4 Å². The van der Waals surface area contributed by atoms with Gasteiger partial charge in [0.2, 0.25) is 5.91 Å². The Balaban J connectivity index is 1.84. The van der Waals surface area contributed by atoms with Crippen LogP contribution in [0.25, 0.3) is 0 Å². The van der Waals surface area contributed by atoms with Crippen molar-refractivity contribution in [3.63, 3.8) is 0 Å². The molecule has 35 heavy (non-hydrogen) atoms. The first-order valence-electron chi connectivity index (χ1n) is 12.2. The minimum absolute atomic E-state index is 0.230. The number of benzene rings is 1. The number of carbonyl (C=O) groups is 3. The first-order valence-corrected chi connectivity index (χ1v) is 13.4. The molecule has 0 radical (unpaired) electrons. The summed E-state index contributed by atoms with van der Waals surface area (Å²) >= 11 is 7.67. The first kappa shape index (κ1) is 26.0. The van der Waals surface area contributed by atoms with Crippen molar-refractivity contribution in [1.29, 1.82) is 0 Å². The zero-order valence-corrected chi connectivity index (χ0v) is 22.0. The molecule has 3 fully saturated rings. The van der Waals surface area contributed by atoms with Crippen molar-refractivity contribution in [2.75, 3.05) is 24.7 Å². The molecule has 1 aromatic rings. The van der Waals surface area contributed by atoms with Crippen molar-refractivity contribution in [3.8, 4) is 0 Å². The maximum atomic E-state index is 14.4. The normalized spacial score (nSPS) is 31.9. The fraction of sp³-hybridized carbons (Fsp3) is 0.577. The van der Waals surface area contributed by atoms with Gasteiger partial charge < -0.3 is 19.6 Å². The fourth-order valence-corrected chi connectivity index (χ4v) is 8.71. The van der Waals surface area contributed by atoms with Crippen LogP contribution in [0.1, 0.15) is 40.0 Å². The highest BCUT2D eigenvalue weighted by molar-refractivity contribution is 8.02. The number of amides is 2. The number of esters is 1. The largest absolute Gasteiger partial charge is 0.466 e. The smallest absolute Gasteiger partial charge is 0.311 e. The highest BCUT2D eigenvalue weighted by Crippen LogP contribution is 2.71. The molecule has 1 spiro atoms. The fourth-order valence-electron chi connectivity index (χ4n) is 6.26. The third-order valence-corrected chi connectivity index (χ3v) is 10.0. The monoisotopic (exact) mass is 520 g/mol. The SMILES string of the molecule is C=CCN(C(=O)C1N([C@@H](CC)CO)C(=O)[C@@H]2[C@@H](C(=O)OCC)[C@@]3(C)CCC12S3)c1ccc(Cl)cc1. The summed E-state index contributed by atoms with van der Waals surface area (Å²) in [6.07, 6.45) is 3.48. The third-order valence-electron chi connectivity index (χ3n) is 7.78. The van der Waals surface area contributed by atoms with Gasteiger partial charge in [-0.15, -0.1) is 18.3 Å². The van der Waals surface area contributed by atoms with Crippen molar-refractivity contribution in [3.05, 3.63) is 41.9 Å². The lowest BCUT2D eigenvalue weighted by Crippen LogP contribution is -2.57. The molecule has 2 amide bonds. The zero-order chi connectivity index (χ0) is 25.5. The molecule has 4 rings (SSSR count). The van der Waals surface area contributed by atoms with E-state index in [1.165, 1.54) is 0 Å². The maximum Gasteiger partial charge on any atom is 0.311 e. The molecular weight excluding hydrogens is 488 g/mol. The van der Waals surface area contributed by atoms with Crippen LogP contribution in [0.3, 0.4) is 0 Å². The van der Waals surface area contributed by atoms with Gasteiger partial charge >= 0.3 is 5.97 Å². The van der Waals surface area contributed by atoms with Gasteiger partial charge in [-0.25, -0.2) is 0 Å². The Bertz CT molecular complexity index is 1020. The van der Waals surface area contributed by atoms with Crippen molar-refractivity contribution < 1.29 is 24.2 Å². The number of nitrogens with zero attached hydrogens (tertiary/aromatic N) is 2. The van der Waals surface area contributed by atoms with E-state index in [-0.39, 0.29) is 37.5 Å². The number of fused-ring (bicyclic) bond motifs is 1. The lowest BCUT2D eigenvalue weighted by molar-refractivity contribution is -0.155. The molecule has 6 atom stereocenters. The molecule has 2 bridgehead atoms. The van der Waals surface area contributed by atoms with Gasteiger partial charge in [-0.05, 0) is 57.4 Å². The second kappa shape index (κ2) is 9.79. The molecule has 3 heterocycles. The van der Waals surface area contributed by atoms with E-state index in [1.807, 2.05) is 13.8 Å². The Labute approximate surface area is 215 Å². The quantitative estimate of drug-likeness (QED) is 0.395. The maximum absolute atomic E-state index is 14.4.